The molecule has 0 saturated heterocycles. The Bertz CT molecular complexity index is 622. The molecule has 0 spiro atoms. The van der Waals surface area contributed by atoms with Crippen LogP contribution < -0.4 is 4.72 Å². The van der Waals surface area contributed by atoms with E-state index in [1.54, 1.807) is 0 Å². The molecule has 6 nitrogen and oxygen atoms in total. The van der Waals surface area contributed by atoms with E-state index < -0.39 is 31.3 Å². The first kappa shape index (κ1) is 15.1. The maximum Gasteiger partial charge on any atom is 0.292 e. The van der Waals surface area contributed by atoms with Crippen LogP contribution in [0.5, 0.6) is 0 Å². The second kappa shape index (κ2) is 6.26. The molecule has 0 aliphatic rings. The SMILES string of the molecule is C#CCCCNS(=O)(=O)c1ccc(F)cc1[N+](=O)[O-]. The van der Waals surface area contributed by atoms with Gasteiger partial charge in [0.15, 0.2) is 4.90 Å². The van der Waals surface area contributed by atoms with E-state index in [0.29, 0.717) is 18.9 Å². The average Bonchev–Trinajstić information content (AvgIpc) is 2.34. The van der Waals surface area contributed by atoms with Crippen molar-refractivity contribution in [2.24, 2.45) is 0 Å². The molecule has 0 radical (unpaired) electrons. The van der Waals surface area contributed by atoms with E-state index in [4.69, 9.17) is 6.42 Å². The van der Waals surface area contributed by atoms with Crippen LogP contribution >= 0.6 is 0 Å². The molecule has 1 aromatic carbocycles. The topological polar surface area (TPSA) is 89.3 Å². The average molecular weight is 286 g/mol. The molecule has 0 aromatic heterocycles. The van der Waals surface area contributed by atoms with Crippen LogP contribution in [-0.4, -0.2) is 19.9 Å². The Hall–Kier alpha value is -1.98. The Morgan fingerprint density at radius 1 is 1.47 bits per heavy atom. The highest BCUT2D eigenvalue weighted by Gasteiger charge is 2.25. The summed E-state index contributed by atoms with van der Waals surface area (Å²) >= 11 is 0. The number of nitrogens with one attached hydrogen (secondary N) is 1. The molecule has 102 valence electrons. The van der Waals surface area contributed by atoms with Crippen molar-refractivity contribution in [3.05, 3.63) is 34.1 Å². The summed E-state index contributed by atoms with van der Waals surface area (Å²) in [6, 6.07) is 2.27. The highest BCUT2D eigenvalue weighted by Crippen LogP contribution is 2.24. The van der Waals surface area contributed by atoms with Crippen molar-refractivity contribution in [2.75, 3.05) is 6.54 Å². The number of nitro groups is 1. The summed E-state index contributed by atoms with van der Waals surface area (Å²) in [4.78, 5) is 9.20. The molecule has 0 unspecified atom stereocenters. The fourth-order valence-electron chi connectivity index (χ4n) is 1.34. The number of benzene rings is 1. The van der Waals surface area contributed by atoms with Gasteiger partial charge in [-0.2, -0.15) is 0 Å². The number of unbranched alkanes of at least 4 members (excludes halogenated alkanes) is 1. The van der Waals surface area contributed by atoms with E-state index in [9.17, 15) is 22.9 Å². The Labute approximate surface area is 109 Å². The molecule has 0 saturated carbocycles. The smallest absolute Gasteiger partial charge is 0.258 e. The first-order chi connectivity index (χ1) is 8.88. The monoisotopic (exact) mass is 286 g/mol. The summed E-state index contributed by atoms with van der Waals surface area (Å²) in [6.07, 6.45) is 5.80. The van der Waals surface area contributed by atoms with Gasteiger partial charge in [-0.1, -0.05) is 0 Å². The Morgan fingerprint density at radius 2 is 2.16 bits per heavy atom. The van der Waals surface area contributed by atoms with Crippen LogP contribution in [0.1, 0.15) is 12.8 Å². The number of halogens is 1. The number of rotatable bonds is 6. The van der Waals surface area contributed by atoms with Crippen LogP contribution in [0.25, 0.3) is 0 Å². The van der Waals surface area contributed by atoms with E-state index in [1.165, 1.54) is 0 Å². The van der Waals surface area contributed by atoms with Crippen molar-refractivity contribution in [1.82, 2.24) is 4.72 Å². The standard InChI is InChI=1S/C11H11FN2O4S/c1-2-3-4-7-13-19(17,18)11-6-5-9(12)8-10(11)14(15)16/h1,5-6,8,13H,3-4,7H2. The lowest BCUT2D eigenvalue weighted by Gasteiger charge is -2.06. The Balaban J connectivity index is 3.01. The van der Waals surface area contributed by atoms with Gasteiger partial charge in [-0.3, -0.25) is 10.1 Å². The molecule has 1 rings (SSSR count). The van der Waals surface area contributed by atoms with Crippen LogP contribution in [0.15, 0.2) is 23.1 Å². The van der Waals surface area contributed by atoms with Crippen molar-refractivity contribution >= 4 is 15.7 Å². The van der Waals surface area contributed by atoms with Crippen LogP contribution in [0.2, 0.25) is 0 Å². The minimum Gasteiger partial charge on any atom is -0.258 e. The van der Waals surface area contributed by atoms with Crippen LogP contribution in [0.4, 0.5) is 10.1 Å². The predicted octanol–water partition coefficient (Wildman–Crippen LogP) is 1.43. The molecule has 1 N–H and O–H groups in total. The summed E-state index contributed by atoms with van der Waals surface area (Å²) < 4.78 is 38.8. The summed E-state index contributed by atoms with van der Waals surface area (Å²) in [5.74, 6) is 1.46. The second-order valence-electron chi connectivity index (χ2n) is 3.57. The second-order valence-corrected chi connectivity index (χ2v) is 5.31. The highest BCUT2D eigenvalue weighted by atomic mass is 32.2. The first-order valence-corrected chi connectivity index (χ1v) is 6.74. The molecule has 0 amide bonds. The highest BCUT2D eigenvalue weighted by molar-refractivity contribution is 7.89. The summed E-state index contributed by atoms with van der Waals surface area (Å²) in [6.45, 7) is 0.0566. The number of nitro benzene ring substituents is 1. The summed E-state index contributed by atoms with van der Waals surface area (Å²) in [7, 11) is -4.06. The number of hydrogen-bond donors (Lipinski definition) is 1. The van der Waals surface area contributed by atoms with Gasteiger partial charge in [0.25, 0.3) is 5.69 Å². The van der Waals surface area contributed by atoms with Crippen LogP contribution in [0, 0.1) is 28.3 Å². The number of hydrogen-bond acceptors (Lipinski definition) is 4. The number of sulfonamides is 1. The Morgan fingerprint density at radius 3 is 2.74 bits per heavy atom. The van der Waals surface area contributed by atoms with Crippen molar-refractivity contribution < 1.29 is 17.7 Å². The van der Waals surface area contributed by atoms with Crippen molar-refractivity contribution in [1.29, 1.82) is 0 Å². The van der Waals surface area contributed by atoms with E-state index in [2.05, 4.69) is 10.6 Å². The van der Waals surface area contributed by atoms with Crippen molar-refractivity contribution in [3.63, 3.8) is 0 Å². The zero-order valence-electron chi connectivity index (χ0n) is 9.80. The first-order valence-electron chi connectivity index (χ1n) is 5.25. The van der Waals surface area contributed by atoms with Gasteiger partial charge >= 0.3 is 0 Å². The molecule has 0 atom stereocenters. The van der Waals surface area contributed by atoms with E-state index >= 15 is 0 Å². The fourth-order valence-corrected chi connectivity index (χ4v) is 2.56. The minimum absolute atomic E-state index is 0.0566. The van der Waals surface area contributed by atoms with E-state index in [1.807, 2.05) is 0 Å². The molecule has 0 bridgehead atoms. The molecule has 1 aromatic rings. The maximum absolute atomic E-state index is 12.9. The lowest BCUT2D eigenvalue weighted by molar-refractivity contribution is -0.388. The fraction of sp³-hybridized carbons (Fsp3) is 0.273. The maximum atomic E-state index is 12.9. The quantitative estimate of drug-likeness (QED) is 0.371. The van der Waals surface area contributed by atoms with Gasteiger partial charge in [0.2, 0.25) is 10.0 Å². The molecule has 19 heavy (non-hydrogen) atoms. The largest absolute Gasteiger partial charge is 0.292 e. The van der Waals surface area contributed by atoms with E-state index in [-0.39, 0.29) is 6.54 Å². The summed E-state index contributed by atoms with van der Waals surface area (Å²) in [5, 5.41) is 10.7. The lowest BCUT2D eigenvalue weighted by atomic mass is 10.3. The minimum atomic E-state index is -4.06. The molecule has 0 fully saturated rings. The molecular weight excluding hydrogens is 275 g/mol. The molecular formula is C11H11FN2O4S. The Kier molecular flexibility index (Phi) is 4.97. The van der Waals surface area contributed by atoms with Gasteiger partial charge in [-0.25, -0.2) is 17.5 Å². The molecule has 0 aliphatic heterocycles. The third kappa shape index (κ3) is 4.01. The van der Waals surface area contributed by atoms with Gasteiger partial charge in [0, 0.05) is 13.0 Å². The number of terminal acetylenes is 1. The van der Waals surface area contributed by atoms with Crippen molar-refractivity contribution in [2.45, 2.75) is 17.7 Å². The third-order valence-corrected chi connectivity index (χ3v) is 3.71. The van der Waals surface area contributed by atoms with Gasteiger partial charge in [-0.05, 0) is 18.6 Å². The number of nitrogens with zero attached hydrogens (tertiary/aromatic N) is 1. The zero-order valence-corrected chi connectivity index (χ0v) is 10.6. The van der Waals surface area contributed by atoms with Crippen LogP contribution in [-0.2, 0) is 10.0 Å². The molecule has 0 heterocycles. The van der Waals surface area contributed by atoms with Gasteiger partial charge < -0.3 is 0 Å². The van der Waals surface area contributed by atoms with Gasteiger partial charge in [-0.15, -0.1) is 12.3 Å². The van der Waals surface area contributed by atoms with Gasteiger partial charge in [0.1, 0.15) is 5.82 Å². The summed E-state index contributed by atoms with van der Waals surface area (Å²) in [5.41, 5.74) is -0.801. The lowest BCUT2D eigenvalue weighted by Crippen LogP contribution is -2.25. The molecule has 0 aliphatic carbocycles. The predicted molar refractivity (Wildman–Crippen MR) is 66.3 cm³/mol. The molecule has 8 heteroatoms. The third-order valence-electron chi connectivity index (χ3n) is 2.20. The van der Waals surface area contributed by atoms with E-state index in [0.717, 1.165) is 12.1 Å². The van der Waals surface area contributed by atoms with Crippen LogP contribution in [0.3, 0.4) is 0 Å². The zero-order chi connectivity index (χ0) is 14.5. The normalized spacial score (nSPS) is 10.9. The van der Waals surface area contributed by atoms with Crippen molar-refractivity contribution in [3.8, 4) is 12.3 Å². The van der Waals surface area contributed by atoms with Gasteiger partial charge in [0.05, 0.1) is 11.0 Å².